The molecule has 0 bridgehead atoms. The van der Waals surface area contributed by atoms with Crippen LogP contribution in [0.2, 0.25) is 0 Å². The summed E-state index contributed by atoms with van der Waals surface area (Å²) in [7, 11) is 1.10. The summed E-state index contributed by atoms with van der Waals surface area (Å²) >= 11 is 0. The van der Waals surface area contributed by atoms with Gasteiger partial charge in [0, 0.05) is 7.11 Å². The van der Waals surface area contributed by atoms with Gasteiger partial charge in [-0.1, -0.05) is 0 Å². The molecule has 0 spiro atoms. The van der Waals surface area contributed by atoms with Crippen LogP contribution in [0.4, 0.5) is 17.6 Å². The second-order valence-corrected chi connectivity index (χ2v) is 3.46. The summed E-state index contributed by atoms with van der Waals surface area (Å²) in [5, 5.41) is 10.5. The number of methoxy groups -OCH3 is 1. The van der Waals surface area contributed by atoms with E-state index in [1.54, 1.807) is 0 Å². The van der Waals surface area contributed by atoms with E-state index < -0.39 is 47.4 Å². The van der Waals surface area contributed by atoms with Crippen molar-refractivity contribution < 1.29 is 41.7 Å². The van der Waals surface area contributed by atoms with E-state index in [4.69, 9.17) is 0 Å². The molecule has 20 heavy (non-hydrogen) atoms. The first-order valence-corrected chi connectivity index (χ1v) is 4.97. The van der Waals surface area contributed by atoms with Crippen LogP contribution in [0.5, 0.6) is 5.75 Å². The molecule has 0 aliphatic heterocycles. The molecule has 1 rings (SSSR count). The van der Waals surface area contributed by atoms with Gasteiger partial charge in [-0.15, -0.1) is 0 Å². The summed E-state index contributed by atoms with van der Waals surface area (Å²) in [5.41, 5.74) is -3.10. The second kappa shape index (κ2) is 5.87. The third-order valence-corrected chi connectivity index (χ3v) is 2.15. The van der Waals surface area contributed by atoms with Crippen LogP contribution in [0.15, 0.2) is 12.1 Å². The normalized spacial score (nSPS) is 11.2. The number of halogens is 4. The van der Waals surface area contributed by atoms with Crippen molar-refractivity contribution in [1.82, 2.24) is 0 Å². The number of carbonyl (C=O) groups is 2. The Morgan fingerprint density at radius 1 is 1.30 bits per heavy atom. The Bertz CT molecular complexity index is 538. The lowest BCUT2D eigenvalue weighted by molar-refractivity contribution is -0.296. The van der Waals surface area contributed by atoms with E-state index in [-0.39, 0.29) is 6.07 Å². The van der Waals surface area contributed by atoms with Crippen LogP contribution < -0.4 is 9.84 Å². The van der Waals surface area contributed by atoms with E-state index in [2.05, 4.69) is 9.47 Å². The molecule has 5 nitrogen and oxygen atoms in total. The summed E-state index contributed by atoms with van der Waals surface area (Å²) in [5.74, 6) is -6.94. The largest absolute Gasteiger partial charge is 0.541 e. The van der Waals surface area contributed by atoms with Crippen LogP contribution in [0.25, 0.3) is 0 Å². The fourth-order valence-corrected chi connectivity index (χ4v) is 1.38. The molecule has 0 saturated carbocycles. The minimum atomic E-state index is -5.07. The maximum atomic E-state index is 13.5. The van der Waals surface area contributed by atoms with Gasteiger partial charge in [0.2, 0.25) is 5.78 Å². The number of hydrogen-bond donors (Lipinski definition) is 0. The van der Waals surface area contributed by atoms with Crippen molar-refractivity contribution in [3.05, 3.63) is 29.1 Å². The number of carboxylic acids is 1. The summed E-state index contributed by atoms with van der Waals surface area (Å²) in [6.07, 6.45) is -5.07. The number of carbonyl (C=O) groups excluding carboxylic acids is 2. The average Bonchev–Trinajstić information content (AvgIpc) is 2.34. The molecule has 0 unspecified atom stereocenters. The van der Waals surface area contributed by atoms with Crippen LogP contribution in [0.1, 0.15) is 15.9 Å². The standard InChI is InChI=1S/C11H8F4O5/c1-19-4-20-9-6(12)3-2-5(11(13,14)15)7(9)8(16)10(17)18/h2-3H,4H2,1H3,(H,17,18)/p-1. The maximum absolute atomic E-state index is 13.5. The third-order valence-electron chi connectivity index (χ3n) is 2.15. The molecule has 0 N–H and O–H groups in total. The summed E-state index contributed by atoms with van der Waals surface area (Å²) in [6.45, 7) is -0.675. The summed E-state index contributed by atoms with van der Waals surface area (Å²) < 4.78 is 60.5. The van der Waals surface area contributed by atoms with Crippen molar-refractivity contribution in [3.8, 4) is 5.75 Å². The number of aliphatic carboxylic acids is 1. The molecular formula is C11H7F4O5-. The second-order valence-electron chi connectivity index (χ2n) is 3.46. The Morgan fingerprint density at radius 3 is 2.35 bits per heavy atom. The predicted molar refractivity (Wildman–Crippen MR) is 53.2 cm³/mol. The van der Waals surface area contributed by atoms with E-state index in [1.165, 1.54) is 0 Å². The molecule has 0 fully saturated rings. The predicted octanol–water partition coefficient (Wildman–Crippen LogP) is 0.760. The van der Waals surface area contributed by atoms with Gasteiger partial charge in [0.15, 0.2) is 18.4 Å². The molecule has 0 aliphatic carbocycles. The van der Waals surface area contributed by atoms with E-state index in [9.17, 15) is 32.3 Å². The van der Waals surface area contributed by atoms with Gasteiger partial charge in [0.1, 0.15) is 5.97 Å². The van der Waals surface area contributed by atoms with Gasteiger partial charge in [-0.3, -0.25) is 4.79 Å². The quantitative estimate of drug-likeness (QED) is 0.347. The third kappa shape index (κ3) is 3.23. The minimum absolute atomic E-state index is 0.241. The zero-order valence-electron chi connectivity index (χ0n) is 9.91. The van der Waals surface area contributed by atoms with Gasteiger partial charge >= 0.3 is 6.18 Å². The zero-order chi connectivity index (χ0) is 15.5. The monoisotopic (exact) mass is 295 g/mol. The highest BCUT2D eigenvalue weighted by atomic mass is 19.4. The van der Waals surface area contributed by atoms with Crippen molar-refractivity contribution in [1.29, 1.82) is 0 Å². The highest BCUT2D eigenvalue weighted by Crippen LogP contribution is 2.37. The van der Waals surface area contributed by atoms with E-state index in [0.29, 0.717) is 6.07 Å². The van der Waals surface area contributed by atoms with Gasteiger partial charge in [-0.05, 0) is 12.1 Å². The van der Waals surface area contributed by atoms with Gasteiger partial charge < -0.3 is 19.4 Å². The lowest BCUT2D eigenvalue weighted by atomic mass is 10.0. The van der Waals surface area contributed by atoms with E-state index >= 15 is 0 Å². The van der Waals surface area contributed by atoms with Crippen molar-refractivity contribution in [2.75, 3.05) is 13.9 Å². The highest BCUT2D eigenvalue weighted by molar-refractivity contribution is 6.40. The Hall–Kier alpha value is -2.16. The average molecular weight is 295 g/mol. The minimum Gasteiger partial charge on any atom is -0.541 e. The van der Waals surface area contributed by atoms with E-state index in [0.717, 1.165) is 7.11 Å². The fourth-order valence-electron chi connectivity index (χ4n) is 1.38. The molecular weight excluding hydrogens is 288 g/mol. The van der Waals surface area contributed by atoms with Crippen LogP contribution in [0, 0.1) is 5.82 Å². The number of ether oxygens (including phenoxy) is 2. The Kier molecular flexibility index (Phi) is 4.66. The van der Waals surface area contributed by atoms with Crippen molar-refractivity contribution in [2.24, 2.45) is 0 Å². The van der Waals surface area contributed by atoms with Crippen molar-refractivity contribution in [2.45, 2.75) is 6.18 Å². The number of hydrogen-bond acceptors (Lipinski definition) is 5. The smallest absolute Gasteiger partial charge is 0.417 e. The number of ketones is 1. The molecule has 0 radical (unpaired) electrons. The van der Waals surface area contributed by atoms with Crippen molar-refractivity contribution in [3.63, 3.8) is 0 Å². The van der Waals surface area contributed by atoms with Crippen LogP contribution in [-0.4, -0.2) is 25.7 Å². The highest BCUT2D eigenvalue weighted by Gasteiger charge is 2.38. The number of alkyl halides is 3. The van der Waals surface area contributed by atoms with Crippen LogP contribution >= 0.6 is 0 Å². The molecule has 0 amide bonds. The SMILES string of the molecule is COCOc1c(F)ccc(C(F)(F)F)c1C(=O)C(=O)[O-]. The molecule has 1 aromatic carbocycles. The van der Waals surface area contributed by atoms with Crippen LogP contribution in [-0.2, 0) is 15.7 Å². The molecule has 1 aromatic rings. The van der Waals surface area contributed by atoms with Gasteiger partial charge in [-0.2, -0.15) is 13.2 Å². The lowest BCUT2D eigenvalue weighted by Gasteiger charge is -2.17. The zero-order valence-corrected chi connectivity index (χ0v) is 9.91. The number of rotatable bonds is 5. The van der Waals surface area contributed by atoms with Gasteiger partial charge in [0.05, 0.1) is 11.1 Å². The van der Waals surface area contributed by atoms with Gasteiger partial charge in [-0.25, -0.2) is 4.39 Å². The van der Waals surface area contributed by atoms with Gasteiger partial charge in [0.25, 0.3) is 0 Å². The molecule has 0 heterocycles. The Morgan fingerprint density at radius 2 is 1.90 bits per heavy atom. The molecule has 0 atom stereocenters. The Balaban J connectivity index is 3.55. The first-order chi connectivity index (χ1) is 9.20. The first-order valence-electron chi connectivity index (χ1n) is 4.97. The molecule has 0 aliphatic rings. The number of benzene rings is 1. The number of Topliss-reactive ketones (excluding diaryl/α,β-unsaturated/α-hetero) is 1. The maximum Gasteiger partial charge on any atom is 0.417 e. The lowest BCUT2D eigenvalue weighted by Crippen LogP contribution is -2.33. The van der Waals surface area contributed by atoms with Crippen molar-refractivity contribution >= 4 is 11.8 Å². The molecule has 110 valence electrons. The van der Waals surface area contributed by atoms with E-state index in [1.807, 2.05) is 0 Å². The Labute approximate surface area is 109 Å². The topological polar surface area (TPSA) is 75.7 Å². The number of carboxylic acid groups (broad SMARTS) is 1. The summed E-state index contributed by atoms with van der Waals surface area (Å²) in [6, 6.07) is 0.644. The fraction of sp³-hybridized carbons (Fsp3) is 0.273. The van der Waals surface area contributed by atoms with Crippen LogP contribution in [0.3, 0.4) is 0 Å². The molecule has 9 heteroatoms. The first kappa shape index (κ1) is 15.9. The summed E-state index contributed by atoms with van der Waals surface area (Å²) in [4.78, 5) is 21.8. The molecule has 0 saturated heterocycles. The molecule has 0 aromatic heterocycles.